The van der Waals surface area contributed by atoms with Gasteiger partial charge in [0.1, 0.15) is 17.3 Å². The van der Waals surface area contributed by atoms with E-state index in [0.717, 1.165) is 0 Å². The first-order chi connectivity index (χ1) is 9.10. The van der Waals surface area contributed by atoms with Crippen LogP contribution in [-0.4, -0.2) is 17.9 Å². The predicted molar refractivity (Wildman–Crippen MR) is 75.8 cm³/mol. The molecule has 0 aliphatic heterocycles. The van der Waals surface area contributed by atoms with Crippen LogP contribution in [0.1, 0.15) is 10.5 Å². The molecule has 0 spiro atoms. The summed E-state index contributed by atoms with van der Waals surface area (Å²) in [5.74, 6) is -0.391. The van der Waals surface area contributed by atoms with E-state index < -0.39 is 11.7 Å². The van der Waals surface area contributed by atoms with E-state index >= 15 is 0 Å². The molecule has 6 heteroatoms. The van der Waals surface area contributed by atoms with Crippen LogP contribution in [0.2, 0.25) is 0 Å². The Hall–Kier alpha value is -1.95. The van der Waals surface area contributed by atoms with Crippen LogP contribution >= 0.6 is 15.9 Å². The number of hydrogen-bond acceptors (Lipinski definition) is 3. The third kappa shape index (κ3) is 3.29. The number of pyridine rings is 1. The molecular formula is C13H11BrFN3O. The Balaban J connectivity index is 2.22. The van der Waals surface area contributed by atoms with E-state index in [2.05, 4.69) is 31.5 Å². The normalized spacial score (nSPS) is 10.1. The molecule has 0 unspecified atom stereocenters. The molecular weight excluding hydrogens is 313 g/mol. The van der Waals surface area contributed by atoms with E-state index in [1.165, 1.54) is 12.1 Å². The number of aromatic nitrogens is 1. The summed E-state index contributed by atoms with van der Waals surface area (Å²) in [4.78, 5) is 16.0. The third-order valence-electron chi connectivity index (χ3n) is 2.41. The van der Waals surface area contributed by atoms with Gasteiger partial charge in [0.15, 0.2) is 0 Å². The minimum atomic E-state index is -0.499. The van der Waals surface area contributed by atoms with Gasteiger partial charge in [0.05, 0.1) is 5.69 Å². The summed E-state index contributed by atoms with van der Waals surface area (Å²) in [5.41, 5.74) is 0.322. The SMILES string of the molecule is CNc1cccc(C(=O)Nc2cc(Br)ccc2F)n1. The van der Waals surface area contributed by atoms with Crippen molar-refractivity contribution in [2.45, 2.75) is 0 Å². The van der Waals surface area contributed by atoms with E-state index in [-0.39, 0.29) is 11.4 Å². The van der Waals surface area contributed by atoms with E-state index in [1.807, 2.05) is 0 Å². The Morgan fingerprint density at radius 1 is 1.32 bits per heavy atom. The highest BCUT2D eigenvalue weighted by Gasteiger charge is 2.11. The topological polar surface area (TPSA) is 54.0 Å². The number of nitrogens with one attached hydrogen (secondary N) is 2. The van der Waals surface area contributed by atoms with Crippen molar-refractivity contribution in [2.24, 2.45) is 0 Å². The van der Waals surface area contributed by atoms with Crippen molar-refractivity contribution < 1.29 is 9.18 Å². The Morgan fingerprint density at radius 3 is 2.84 bits per heavy atom. The first-order valence-corrected chi connectivity index (χ1v) is 6.30. The second-order valence-corrected chi connectivity index (χ2v) is 4.65. The van der Waals surface area contributed by atoms with Gasteiger partial charge in [0.25, 0.3) is 5.91 Å². The van der Waals surface area contributed by atoms with Crippen LogP contribution < -0.4 is 10.6 Å². The molecule has 0 radical (unpaired) electrons. The van der Waals surface area contributed by atoms with Crippen molar-refractivity contribution in [3.05, 3.63) is 52.4 Å². The van der Waals surface area contributed by atoms with Crippen LogP contribution in [0.15, 0.2) is 40.9 Å². The predicted octanol–water partition coefficient (Wildman–Crippen LogP) is 3.28. The number of nitrogens with zero attached hydrogens (tertiary/aromatic N) is 1. The maximum Gasteiger partial charge on any atom is 0.274 e. The molecule has 1 aromatic carbocycles. The highest BCUT2D eigenvalue weighted by Crippen LogP contribution is 2.20. The lowest BCUT2D eigenvalue weighted by atomic mass is 10.2. The largest absolute Gasteiger partial charge is 0.373 e. The van der Waals surface area contributed by atoms with Crippen molar-refractivity contribution in [1.82, 2.24) is 4.98 Å². The summed E-state index contributed by atoms with van der Waals surface area (Å²) >= 11 is 3.22. The number of benzene rings is 1. The molecule has 0 bridgehead atoms. The molecule has 2 N–H and O–H groups in total. The van der Waals surface area contributed by atoms with Gasteiger partial charge < -0.3 is 10.6 Å². The quantitative estimate of drug-likeness (QED) is 0.911. The Bertz CT molecular complexity index is 619. The van der Waals surface area contributed by atoms with Gasteiger partial charge in [-0.1, -0.05) is 22.0 Å². The molecule has 2 rings (SSSR count). The van der Waals surface area contributed by atoms with Crippen LogP contribution in [-0.2, 0) is 0 Å². The van der Waals surface area contributed by atoms with E-state index in [9.17, 15) is 9.18 Å². The number of hydrogen-bond donors (Lipinski definition) is 2. The second kappa shape index (κ2) is 5.79. The molecule has 1 amide bonds. The maximum atomic E-state index is 13.5. The summed E-state index contributed by atoms with van der Waals surface area (Å²) < 4.78 is 14.2. The highest BCUT2D eigenvalue weighted by molar-refractivity contribution is 9.10. The van der Waals surface area contributed by atoms with Crippen molar-refractivity contribution in [3.8, 4) is 0 Å². The number of halogens is 2. The zero-order valence-corrected chi connectivity index (χ0v) is 11.7. The van der Waals surface area contributed by atoms with Gasteiger partial charge >= 0.3 is 0 Å². The van der Waals surface area contributed by atoms with Crippen molar-refractivity contribution in [1.29, 1.82) is 0 Å². The molecule has 2 aromatic rings. The first kappa shape index (κ1) is 13.5. The molecule has 19 heavy (non-hydrogen) atoms. The van der Waals surface area contributed by atoms with Gasteiger partial charge in [-0.2, -0.15) is 0 Å². The molecule has 4 nitrogen and oxygen atoms in total. The molecule has 0 fully saturated rings. The van der Waals surface area contributed by atoms with Crippen LogP contribution in [0.25, 0.3) is 0 Å². The minimum Gasteiger partial charge on any atom is -0.373 e. The van der Waals surface area contributed by atoms with Crippen LogP contribution in [0.3, 0.4) is 0 Å². The number of carbonyl (C=O) groups excluding carboxylic acids is 1. The van der Waals surface area contributed by atoms with Gasteiger partial charge in [-0.15, -0.1) is 0 Å². The monoisotopic (exact) mass is 323 g/mol. The van der Waals surface area contributed by atoms with E-state index in [0.29, 0.717) is 10.3 Å². The molecule has 0 atom stereocenters. The lowest BCUT2D eigenvalue weighted by Gasteiger charge is -2.07. The molecule has 0 saturated heterocycles. The van der Waals surface area contributed by atoms with Gasteiger partial charge in [0, 0.05) is 11.5 Å². The molecule has 0 saturated carbocycles. The van der Waals surface area contributed by atoms with Gasteiger partial charge in [0.2, 0.25) is 0 Å². The van der Waals surface area contributed by atoms with Crippen LogP contribution in [0, 0.1) is 5.82 Å². The smallest absolute Gasteiger partial charge is 0.274 e. The fourth-order valence-electron chi connectivity index (χ4n) is 1.48. The summed E-state index contributed by atoms with van der Waals surface area (Å²) in [6.07, 6.45) is 0. The van der Waals surface area contributed by atoms with Gasteiger partial charge in [-0.3, -0.25) is 4.79 Å². The number of rotatable bonds is 3. The standard InChI is InChI=1S/C13H11BrFN3O/c1-16-12-4-2-3-10(17-12)13(19)18-11-7-8(14)5-6-9(11)15/h2-7H,1H3,(H,16,17)(H,18,19). The summed E-state index contributed by atoms with van der Waals surface area (Å²) in [5, 5.41) is 5.32. The average molecular weight is 324 g/mol. The zero-order chi connectivity index (χ0) is 13.8. The molecule has 98 valence electrons. The molecule has 0 aliphatic carbocycles. The van der Waals surface area contributed by atoms with Crippen LogP contribution in [0.5, 0.6) is 0 Å². The second-order valence-electron chi connectivity index (χ2n) is 3.74. The van der Waals surface area contributed by atoms with Gasteiger partial charge in [-0.25, -0.2) is 9.37 Å². The van der Waals surface area contributed by atoms with Gasteiger partial charge in [-0.05, 0) is 30.3 Å². The number of carbonyl (C=O) groups is 1. The fraction of sp³-hybridized carbons (Fsp3) is 0.0769. The Kier molecular flexibility index (Phi) is 4.11. The fourth-order valence-corrected chi connectivity index (χ4v) is 1.84. The number of anilines is 2. The van der Waals surface area contributed by atoms with Crippen molar-refractivity contribution in [3.63, 3.8) is 0 Å². The third-order valence-corrected chi connectivity index (χ3v) is 2.91. The zero-order valence-electron chi connectivity index (χ0n) is 10.1. The lowest BCUT2D eigenvalue weighted by molar-refractivity contribution is 0.102. The summed E-state index contributed by atoms with van der Waals surface area (Å²) in [6, 6.07) is 9.32. The molecule has 1 aromatic heterocycles. The lowest BCUT2D eigenvalue weighted by Crippen LogP contribution is -2.15. The first-order valence-electron chi connectivity index (χ1n) is 5.51. The Morgan fingerprint density at radius 2 is 2.11 bits per heavy atom. The highest BCUT2D eigenvalue weighted by atomic mass is 79.9. The summed E-state index contributed by atoms with van der Waals surface area (Å²) in [6.45, 7) is 0. The molecule has 1 heterocycles. The number of amides is 1. The van der Waals surface area contributed by atoms with Crippen molar-refractivity contribution >= 4 is 33.3 Å². The minimum absolute atomic E-state index is 0.107. The molecule has 0 aliphatic rings. The summed E-state index contributed by atoms with van der Waals surface area (Å²) in [7, 11) is 1.71. The van der Waals surface area contributed by atoms with E-state index in [4.69, 9.17) is 0 Å². The Labute approximate surface area is 118 Å². The van der Waals surface area contributed by atoms with Crippen LogP contribution in [0.4, 0.5) is 15.9 Å². The van der Waals surface area contributed by atoms with Crippen molar-refractivity contribution in [2.75, 3.05) is 17.7 Å². The maximum absolute atomic E-state index is 13.5. The average Bonchev–Trinajstić information content (AvgIpc) is 2.43. The van der Waals surface area contributed by atoms with E-state index in [1.54, 1.807) is 31.3 Å².